The summed E-state index contributed by atoms with van der Waals surface area (Å²) < 4.78 is 26.8. The number of rotatable bonds is 3. The molecular weight excluding hydrogens is 320 g/mol. The second kappa shape index (κ2) is 5.93. The highest BCUT2D eigenvalue weighted by Crippen LogP contribution is 2.29. The van der Waals surface area contributed by atoms with Crippen LogP contribution in [0.5, 0.6) is 0 Å². The Hall–Kier alpha value is -1.93. The van der Waals surface area contributed by atoms with Gasteiger partial charge in [0.1, 0.15) is 0 Å². The third-order valence-electron chi connectivity index (χ3n) is 4.34. The predicted octanol–water partition coefficient (Wildman–Crippen LogP) is 1.06. The topological polar surface area (TPSA) is 104 Å². The second-order valence-electron chi connectivity index (χ2n) is 5.91. The van der Waals surface area contributed by atoms with E-state index in [2.05, 4.69) is 5.32 Å². The number of aliphatic carboxylic acids is 1. The molecule has 8 heteroatoms. The number of amides is 1. The van der Waals surface area contributed by atoms with Crippen molar-refractivity contribution < 1.29 is 23.1 Å². The SMILES string of the molecule is O=C1CCc2cc(S(=O)(=O)N3CCCC(C(=O)O)C3)ccc2N1. The number of nitrogens with zero attached hydrogens (tertiary/aromatic N) is 1. The number of fused-ring (bicyclic) bond motifs is 1. The van der Waals surface area contributed by atoms with Crippen molar-refractivity contribution in [1.82, 2.24) is 4.31 Å². The van der Waals surface area contributed by atoms with Crippen LogP contribution in [-0.4, -0.2) is 42.8 Å². The van der Waals surface area contributed by atoms with E-state index in [4.69, 9.17) is 5.11 Å². The van der Waals surface area contributed by atoms with Crippen LogP contribution in [-0.2, 0) is 26.0 Å². The van der Waals surface area contributed by atoms with E-state index in [9.17, 15) is 18.0 Å². The molecule has 0 saturated carbocycles. The maximum atomic E-state index is 12.8. The molecule has 2 N–H and O–H groups in total. The fourth-order valence-corrected chi connectivity index (χ4v) is 4.61. The molecule has 1 unspecified atom stereocenters. The first-order chi connectivity index (χ1) is 10.9. The molecule has 0 radical (unpaired) electrons. The van der Waals surface area contributed by atoms with Crippen LogP contribution in [0.25, 0.3) is 0 Å². The highest BCUT2D eigenvalue weighted by molar-refractivity contribution is 7.89. The van der Waals surface area contributed by atoms with Gasteiger partial charge in [-0.15, -0.1) is 0 Å². The number of carbonyl (C=O) groups is 2. The Kier molecular flexibility index (Phi) is 4.11. The van der Waals surface area contributed by atoms with Crippen molar-refractivity contribution in [2.45, 2.75) is 30.6 Å². The summed E-state index contributed by atoms with van der Waals surface area (Å²) in [4.78, 5) is 22.6. The number of hydrogen-bond acceptors (Lipinski definition) is 4. The summed E-state index contributed by atoms with van der Waals surface area (Å²) in [5.74, 6) is -1.69. The third-order valence-corrected chi connectivity index (χ3v) is 6.20. The van der Waals surface area contributed by atoms with Gasteiger partial charge in [-0.05, 0) is 43.0 Å². The standard InChI is InChI=1S/C15H18N2O5S/c18-14-6-3-10-8-12(4-5-13(10)16-14)23(21,22)17-7-1-2-11(9-17)15(19)20/h4-5,8,11H,1-3,6-7,9H2,(H,16,18)(H,19,20). The first kappa shape index (κ1) is 15.9. The van der Waals surface area contributed by atoms with E-state index < -0.39 is 21.9 Å². The molecule has 1 fully saturated rings. The van der Waals surface area contributed by atoms with Gasteiger partial charge in [-0.1, -0.05) is 0 Å². The average molecular weight is 338 g/mol. The van der Waals surface area contributed by atoms with Crippen LogP contribution >= 0.6 is 0 Å². The van der Waals surface area contributed by atoms with Crippen molar-refractivity contribution in [2.24, 2.45) is 5.92 Å². The number of carbonyl (C=O) groups excluding carboxylic acids is 1. The fourth-order valence-electron chi connectivity index (χ4n) is 3.03. The lowest BCUT2D eigenvalue weighted by molar-refractivity contribution is -0.142. The molecule has 1 saturated heterocycles. The number of nitrogens with one attached hydrogen (secondary N) is 1. The molecule has 2 aliphatic rings. The molecule has 1 atom stereocenters. The molecule has 0 spiro atoms. The van der Waals surface area contributed by atoms with Gasteiger partial charge < -0.3 is 10.4 Å². The summed E-state index contributed by atoms with van der Waals surface area (Å²) in [7, 11) is -3.72. The summed E-state index contributed by atoms with van der Waals surface area (Å²) in [6.45, 7) is 0.339. The smallest absolute Gasteiger partial charge is 0.307 e. The van der Waals surface area contributed by atoms with Gasteiger partial charge >= 0.3 is 5.97 Å². The van der Waals surface area contributed by atoms with Crippen molar-refractivity contribution in [2.75, 3.05) is 18.4 Å². The van der Waals surface area contributed by atoms with Gasteiger partial charge in [0.15, 0.2) is 0 Å². The lowest BCUT2D eigenvalue weighted by Gasteiger charge is -2.30. The van der Waals surface area contributed by atoms with Crippen LogP contribution in [0.4, 0.5) is 5.69 Å². The zero-order chi connectivity index (χ0) is 16.6. The van der Waals surface area contributed by atoms with E-state index in [0.29, 0.717) is 37.9 Å². The Morgan fingerprint density at radius 3 is 2.83 bits per heavy atom. The molecule has 2 heterocycles. The van der Waals surface area contributed by atoms with Crippen LogP contribution in [0.1, 0.15) is 24.8 Å². The maximum Gasteiger partial charge on any atom is 0.307 e. The Bertz CT molecular complexity index is 759. The Balaban J connectivity index is 1.88. The molecule has 2 aliphatic heterocycles. The van der Waals surface area contributed by atoms with Gasteiger partial charge in [0.2, 0.25) is 15.9 Å². The van der Waals surface area contributed by atoms with Gasteiger partial charge in [-0.25, -0.2) is 8.42 Å². The summed E-state index contributed by atoms with van der Waals surface area (Å²) in [6, 6.07) is 4.64. The first-order valence-electron chi connectivity index (χ1n) is 7.53. The number of aryl methyl sites for hydroxylation is 1. The molecule has 0 aromatic heterocycles. The lowest BCUT2D eigenvalue weighted by Crippen LogP contribution is -2.42. The zero-order valence-electron chi connectivity index (χ0n) is 12.5. The third kappa shape index (κ3) is 3.09. The van der Waals surface area contributed by atoms with Gasteiger partial charge in [0.25, 0.3) is 0 Å². The molecule has 0 bridgehead atoms. The minimum absolute atomic E-state index is 0.00544. The van der Waals surface area contributed by atoms with E-state index in [0.717, 1.165) is 5.56 Å². The summed E-state index contributed by atoms with van der Waals surface area (Å²) in [5, 5.41) is 11.8. The Labute approximate surface area is 134 Å². The largest absolute Gasteiger partial charge is 0.481 e. The summed E-state index contributed by atoms with van der Waals surface area (Å²) in [5.41, 5.74) is 1.43. The highest BCUT2D eigenvalue weighted by Gasteiger charge is 2.33. The van der Waals surface area contributed by atoms with Crippen LogP contribution in [0.2, 0.25) is 0 Å². The van der Waals surface area contributed by atoms with Crippen LogP contribution in [0.3, 0.4) is 0 Å². The second-order valence-corrected chi connectivity index (χ2v) is 7.85. The van der Waals surface area contributed by atoms with E-state index in [1.165, 1.54) is 10.4 Å². The molecule has 3 rings (SSSR count). The summed E-state index contributed by atoms with van der Waals surface area (Å²) >= 11 is 0. The number of carboxylic acids is 1. The monoisotopic (exact) mass is 338 g/mol. The van der Waals surface area contributed by atoms with Crippen molar-refractivity contribution in [3.8, 4) is 0 Å². The number of carboxylic acid groups (broad SMARTS) is 1. The maximum absolute atomic E-state index is 12.8. The van der Waals surface area contributed by atoms with Crippen molar-refractivity contribution in [1.29, 1.82) is 0 Å². The Morgan fingerprint density at radius 1 is 1.30 bits per heavy atom. The minimum atomic E-state index is -3.72. The Morgan fingerprint density at radius 2 is 2.09 bits per heavy atom. The van der Waals surface area contributed by atoms with Crippen molar-refractivity contribution >= 4 is 27.6 Å². The van der Waals surface area contributed by atoms with E-state index >= 15 is 0 Å². The van der Waals surface area contributed by atoms with E-state index in [-0.39, 0.29) is 17.3 Å². The average Bonchev–Trinajstić information content (AvgIpc) is 2.54. The van der Waals surface area contributed by atoms with Gasteiger partial charge in [0, 0.05) is 25.2 Å². The minimum Gasteiger partial charge on any atom is -0.481 e. The molecule has 23 heavy (non-hydrogen) atoms. The van der Waals surface area contributed by atoms with E-state index in [1.54, 1.807) is 12.1 Å². The number of sulfonamides is 1. The van der Waals surface area contributed by atoms with Crippen molar-refractivity contribution in [3.63, 3.8) is 0 Å². The molecule has 1 aromatic carbocycles. The number of piperidine rings is 1. The van der Waals surface area contributed by atoms with Crippen LogP contribution < -0.4 is 5.32 Å². The number of benzene rings is 1. The molecule has 7 nitrogen and oxygen atoms in total. The molecule has 1 amide bonds. The zero-order valence-corrected chi connectivity index (χ0v) is 13.3. The normalized spacial score (nSPS) is 22.3. The van der Waals surface area contributed by atoms with Crippen LogP contribution in [0, 0.1) is 5.92 Å². The summed E-state index contributed by atoms with van der Waals surface area (Å²) in [6.07, 6.45) is 1.87. The van der Waals surface area contributed by atoms with Gasteiger partial charge in [0.05, 0.1) is 10.8 Å². The molecular formula is C15H18N2O5S. The van der Waals surface area contributed by atoms with Gasteiger partial charge in [-0.2, -0.15) is 4.31 Å². The molecule has 1 aromatic rings. The number of anilines is 1. The lowest BCUT2D eigenvalue weighted by atomic mass is 10.0. The molecule has 0 aliphatic carbocycles. The van der Waals surface area contributed by atoms with E-state index in [1.807, 2.05) is 0 Å². The molecule has 124 valence electrons. The quantitative estimate of drug-likeness (QED) is 0.857. The number of hydrogen-bond donors (Lipinski definition) is 2. The van der Waals surface area contributed by atoms with Crippen LogP contribution in [0.15, 0.2) is 23.1 Å². The predicted molar refractivity (Wildman–Crippen MR) is 82.5 cm³/mol. The van der Waals surface area contributed by atoms with Gasteiger partial charge in [-0.3, -0.25) is 9.59 Å². The fraction of sp³-hybridized carbons (Fsp3) is 0.467. The first-order valence-corrected chi connectivity index (χ1v) is 8.97. The highest BCUT2D eigenvalue weighted by atomic mass is 32.2. The van der Waals surface area contributed by atoms with Crippen molar-refractivity contribution in [3.05, 3.63) is 23.8 Å².